The highest BCUT2D eigenvalue weighted by molar-refractivity contribution is 5.84. The lowest BCUT2D eigenvalue weighted by Gasteiger charge is -2.35. The number of piperidine rings is 1. The highest BCUT2D eigenvalue weighted by Gasteiger charge is 2.35. The van der Waals surface area contributed by atoms with Gasteiger partial charge in [-0.2, -0.15) is 0 Å². The van der Waals surface area contributed by atoms with E-state index >= 15 is 0 Å². The molecule has 2 aliphatic heterocycles. The van der Waals surface area contributed by atoms with E-state index < -0.39 is 0 Å². The minimum absolute atomic E-state index is 0.240. The third-order valence-corrected chi connectivity index (χ3v) is 5.48. The van der Waals surface area contributed by atoms with Gasteiger partial charge in [0, 0.05) is 12.5 Å². The molecule has 3 heteroatoms. The van der Waals surface area contributed by atoms with Gasteiger partial charge in [0.1, 0.15) is 5.78 Å². The molecule has 0 bridgehead atoms. The molecule has 2 fully saturated rings. The summed E-state index contributed by atoms with van der Waals surface area (Å²) in [6.07, 6.45) is 10.5. The average Bonchev–Trinajstić information content (AvgIpc) is 3.01. The highest BCUT2D eigenvalue weighted by Crippen LogP contribution is 2.28. The molecule has 0 aromatic carbocycles. The molecule has 0 spiro atoms. The second-order valence-electron chi connectivity index (χ2n) is 6.96. The number of ketones is 1. The summed E-state index contributed by atoms with van der Waals surface area (Å²) in [6.45, 7) is 7.87. The van der Waals surface area contributed by atoms with Gasteiger partial charge in [0.05, 0.1) is 6.04 Å². The lowest BCUT2D eigenvalue weighted by atomic mass is 9.90. The van der Waals surface area contributed by atoms with Gasteiger partial charge in [-0.3, -0.25) is 9.69 Å². The predicted molar refractivity (Wildman–Crippen MR) is 88.5 cm³/mol. The fraction of sp³-hybridized carbons (Fsp3) is 0.944. The number of likely N-dealkylation sites (tertiary alicyclic amines) is 1. The Labute approximate surface area is 130 Å². The number of Topliss-reactive ketones (excluding diaryl/α,β-unsaturated/α-hetero) is 1. The first kappa shape index (κ1) is 17.0. The smallest absolute Gasteiger partial charge is 0.150 e. The maximum absolute atomic E-state index is 12.8. The summed E-state index contributed by atoms with van der Waals surface area (Å²) in [6, 6.07) is 0.891. The number of nitrogens with zero attached hydrogens (tertiary/aromatic N) is 1. The van der Waals surface area contributed by atoms with Crippen LogP contribution in [0.2, 0.25) is 0 Å². The van der Waals surface area contributed by atoms with Gasteiger partial charge in [-0.1, -0.05) is 39.5 Å². The fourth-order valence-electron chi connectivity index (χ4n) is 4.07. The Morgan fingerprint density at radius 1 is 1.24 bits per heavy atom. The van der Waals surface area contributed by atoms with E-state index in [0.717, 1.165) is 38.9 Å². The topological polar surface area (TPSA) is 32.3 Å². The van der Waals surface area contributed by atoms with Crippen LogP contribution in [0.1, 0.15) is 71.6 Å². The van der Waals surface area contributed by atoms with Crippen LogP contribution >= 0.6 is 0 Å². The summed E-state index contributed by atoms with van der Waals surface area (Å²) in [5, 5.41) is 3.44. The Morgan fingerprint density at radius 2 is 2.00 bits per heavy atom. The summed E-state index contributed by atoms with van der Waals surface area (Å²) in [4.78, 5) is 15.3. The number of hydrogen-bond acceptors (Lipinski definition) is 3. The molecule has 0 aliphatic carbocycles. The standard InChI is InChI=1S/C18H34N2O/c1-3-5-7-15(4-2)14-18(21)17-8-6-13-20(17)16-9-11-19-12-10-16/h15-17,19H,3-14H2,1-2H3. The summed E-state index contributed by atoms with van der Waals surface area (Å²) >= 11 is 0. The van der Waals surface area contributed by atoms with Crippen LogP contribution < -0.4 is 5.32 Å². The summed E-state index contributed by atoms with van der Waals surface area (Å²) in [7, 11) is 0. The molecule has 0 saturated carbocycles. The first-order valence-corrected chi connectivity index (χ1v) is 9.25. The molecule has 2 unspecified atom stereocenters. The van der Waals surface area contributed by atoms with Crippen molar-refractivity contribution in [1.29, 1.82) is 0 Å². The molecule has 0 aromatic rings. The largest absolute Gasteiger partial charge is 0.317 e. The Kier molecular flexibility index (Phi) is 7.18. The quantitative estimate of drug-likeness (QED) is 0.745. The first-order valence-electron chi connectivity index (χ1n) is 9.25. The maximum atomic E-state index is 12.8. The van der Waals surface area contributed by atoms with Crippen molar-refractivity contribution in [3.63, 3.8) is 0 Å². The van der Waals surface area contributed by atoms with Crippen molar-refractivity contribution in [3.8, 4) is 0 Å². The number of hydrogen-bond donors (Lipinski definition) is 1. The molecule has 2 aliphatic rings. The van der Waals surface area contributed by atoms with Gasteiger partial charge in [-0.05, 0) is 51.2 Å². The molecular weight excluding hydrogens is 260 g/mol. The minimum atomic E-state index is 0.240. The maximum Gasteiger partial charge on any atom is 0.150 e. The van der Waals surface area contributed by atoms with Crippen molar-refractivity contribution >= 4 is 5.78 Å². The zero-order chi connectivity index (χ0) is 15.1. The van der Waals surface area contributed by atoms with E-state index in [9.17, 15) is 4.79 Å². The van der Waals surface area contributed by atoms with Crippen LogP contribution in [-0.2, 0) is 4.79 Å². The zero-order valence-corrected chi connectivity index (χ0v) is 14.1. The van der Waals surface area contributed by atoms with Gasteiger partial charge in [0.2, 0.25) is 0 Å². The molecule has 3 nitrogen and oxygen atoms in total. The molecule has 122 valence electrons. The Bertz CT molecular complexity index is 312. The lowest BCUT2D eigenvalue weighted by molar-refractivity contribution is -0.125. The van der Waals surface area contributed by atoms with E-state index in [-0.39, 0.29) is 6.04 Å². The SMILES string of the molecule is CCCCC(CC)CC(=O)C1CCCN1C1CCNCC1. The van der Waals surface area contributed by atoms with Crippen LogP contribution in [0.25, 0.3) is 0 Å². The van der Waals surface area contributed by atoms with Crippen molar-refractivity contribution in [3.05, 3.63) is 0 Å². The molecule has 2 atom stereocenters. The van der Waals surface area contributed by atoms with Crippen molar-refractivity contribution in [2.75, 3.05) is 19.6 Å². The second-order valence-corrected chi connectivity index (χ2v) is 6.96. The third kappa shape index (κ3) is 4.79. The Hall–Kier alpha value is -0.410. The van der Waals surface area contributed by atoms with Gasteiger partial charge in [-0.25, -0.2) is 0 Å². The van der Waals surface area contributed by atoms with E-state index in [0.29, 0.717) is 17.7 Å². The van der Waals surface area contributed by atoms with Crippen LogP contribution in [0.3, 0.4) is 0 Å². The number of rotatable bonds is 8. The fourth-order valence-corrected chi connectivity index (χ4v) is 4.07. The van der Waals surface area contributed by atoms with Crippen LogP contribution in [0.5, 0.6) is 0 Å². The molecule has 21 heavy (non-hydrogen) atoms. The van der Waals surface area contributed by atoms with Crippen LogP contribution in [0, 0.1) is 5.92 Å². The Balaban J connectivity index is 1.87. The molecule has 2 rings (SSSR count). The molecular formula is C18H34N2O. The average molecular weight is 294 g/mol. The van der Waals surface area contributed by atoms with Gasteiger partial charge >= 0.3 is 0 Å². The van der Waals surface area contributed by atoms with E-state index in [1.807, 2.05) is 0 Å². The monoisotopic (exact) mass is 294 g/mol. The summed E-state index contributed by atoms with van der Waals surface area (Å²) in [5.41, 5.74) is 0. The van der Waals surface area contributed by atoms with Crippen molar-refractivity contribution in [2.24, 2.45) is 5.92 Å². The third-order valence-electron chi connectivity index (χ3n) is 5.48. The molecule has 0 amide bonds. The predicted octanol–water partition coefficient (Wildman–Crippen LogP) is 3.38. The highest BCUT2D eigenvalue weighted by atomic mass is 16.1. The summed E-state index contributed by atoms with van der Waals surface area (Å²) in [5.74, 6) is 1.15. The first-order chi connectivity index (χ1) is 10.3. The minimum Gasteiger partial charge on any atom is -0.317 e. The lowest BCUT2D eigenvalue weighted by Crippen LogP contribution is -2.48. The molecule has 0 radical (unpaired) electrons. The zero-order valence-electron chi connectivity index (χ0n) is 14.1. The van der Waals surface area contributed by atoms with Gasteiger partial charge in [-0.15, -0.1) is 0 Å². The number of nitrogens with one attached hydrogen (secondary N) is 1. The van der Waals surface area contributed by atoms with Gasteiger partial charge in [0.15, 0.2) is 0 Å². The Morgan fingerprint density at radius 3 is 2.67 bits per heavy atom. The van der Waals surface area contributed by atoms with Gasteiger partial charge in [0.25, 0.3) is 0 Å². The van der Waals surface area contributed by atoms with E-state index in [2.05, 4.69) is 24.1 Å². The molecule has 1 N–H and O–H groups in total. The van der Waals surface area contributed by atoms with E-state index in [1.165, 1.54) is 38.5 Å². The van der Waals surface area contributed by atoms with Crippen LogP contribution in [0.4, 0.5) is 0 Å². The van der Waals surface area contributed by atoms with Crippen molar-refractivity contribution in [2.45, 2.75) is 83.7 Å². The van der Waals surface area contributed by atoms with E-state index in [1.54, 1.807) is 0 Å². The molecule has 2 saturated heterocycles. The number of carbonyl (C=O) groups is 1. The van der Waals surface area contributed by atoms with Crippen molar-refractivity contribution < 1.29 is 4.79 Å². The van der Waals surface area contributed by atoms with Gasteiger partial charge < -0.3 is 5.32 Å². The number of carbonyl (C=O) groups excluding carboxylic acids is 1. The second kappa shape index (κ2) is 8.89. The molecule has 2 heterocycles. The van der Waals surface area contributed by atoms with E-state index in [4.69, 9.17) is 0 Å². The van der Waals surface area contributed by atoms with Crippen molar-refractivity contribution in [1.82, 2.24) is 10.2 Å². The number of unbranched alkanes of at least 4 members (excludes halogenated alkanes) is 1. The van der Waals surface area contributed by atoms with Crippen LogP contribution in [-0.4, -0.2) is 42.4 Å². The molecule has 0 aromatic heterocycles. The summed E-state index contributed by atoms with van der Waals surface area (Å²) < 4.78 is 0. The normalized spacial score (nSPS) is 26.1. The van der Waals surface area contributed by atoms with Crippen LogP contribution in [0.15, 0.2) is 0 Å².